The van der Waals surface area contributed by atoms with Crippen LogP contribution in [0, 0.1) is 0 Å². The second-order valence-electron chi connectivity index (χ2n) is 5.79. The van der Waals surface area contributed by atoms with Crippen LogP contribution in [0.3, 0.4) is 0 Å². The number of allylic oxidation sites excluding steroid dienone is 1. The van der Waals surface area contributed by atoms with E-state index in [9.17, 15) is 9.59 Å². The van der Waals surface area contributed by atoms with E-state index in [2.05, 4.69) is 20.6 Å². The van der Waals surface area contributed by atoms with Gasteiger partial charge in [0, 0.05) is 36.4 Å². The van der Waals surface area contributed by atoms with Crippen LogP contribution >= 0.6 is 0 Å². The minimum Gasteiger partial charge on any atom is -0.388 e. The predicted octanol–water partition coefficient (Wildman–Crippen LogP) is -0.486. The number of hydrogen-bond acceptors (Lipinski definition) is 7. The summed E-state index contributed by atoms with van der Waals surface area (Å²) in [4.78, 5) is 23.3. The summed E-state index contributed by atoms with van der Waals surface area (Å²) in [6, 6.07) is 5.57. The number of primary amides is 1. The van der Waals surface area contributed by atoms with Gasteiger partial charge in [-0.1, -0.05) is 0 Å². The molecule has 0 radical (unpaired) electrons. The molecule has 2 aromatic rings. The molecule has 144 valence electrons. The first kappa shape index (κ1) is 19.7. The molecule has 1 aliphatic rings. The summed E-state index contributed by atoms with van der Waals surface area (Å²) >= 11 is 0. The number of guanidine groups is 1. The van der Waals surface area contributed by atoms with Gasteiger partial charge in [-0.15, -0.1) is 5.10 Å². The van der Waals surface area contributed by atoms with Gasteiger partial charge >= 0.3 is 0 Å². The predicted molar refractivity (Wildman–Crippen MR) is 103 cm³/mol. The van der Waals surface area contributed by atoms with E-state index < -0.39 is 5.91 Å². The molecule has 0 atom stereocenters. The summed E-state index contributed by atoms with van der Waals surface area (Å²) in [7, 11) is 3.56. The summed E-state index contributed by atoms with van der Waals surface area (Å²) < 4.78 is 0. The number of nitrogens with zero attached hydrogens (tertiary/aromatic N) is 4. The minimum absolute atomic E-state index is 0.275. The Morgan fingerprint density at radius 3 is 2.70 bits per heavy atom. The highest BCUT2D eigenvalue weighted by atomic mass is 16.1. The van der Waals surface area contributed by atoms with Crippen LogP contribution < -0.4 is 22.7 Å². The van der Waals surface area contributed by atoms with Gasteiger partial charge < -0.3 is 21.8 Å². The van der Waals surface area contributed by atoms with Crippen molar-refractivity contribution in [2.75, 3.05) is 26.0 Å². The number of nitrogens with two attached hydrogens (primary N) is 3. The van der Waals surface area contributed by atoms with Crippen LogP contribution in [0.1, 0.15) is 17.4 Å². The van der Waals surface area contributed by atoms with Gasteiger partial charge in [0.15, 0.2) is 5.69 Å². The first-order valence-electron chi connectivity index (χ1n) is 7.98. The number of aromatic amines is 1. The van der Waals surface area contributed by atoms with Gasteiger partial charge in [-0.05, 0) is 25.1 Å². The number of carbonyl (C=O) groups is 2. The minimum atomic E-state index is -0.524. The maximum atomic E-state index is 11.0. The quantitative estimate of drug-likeness (QED) is 0.272. The van der Waals surface area contributed by atoms with Crippen LogP contribution in [0.4, 0.5) is 5.69 Å². The van der Waals surface area contributed by atoms with E-state index in [0.29, 0.717) is 18.1 Å². The SMILES string of the molecule is CC1=C(C=O)CN(N)/C(=N\N)N1C.CNc1ccc2[nH]nc(C(N)=O)c2c1. The Labute approximate surface area is 155 Å². The maximum Gasteiger partial charge on any atom is 0.269 e. The summed E-state index contributed by atoms with van der Waals surface area (Å²) in [6.45, 7) is 2.16. The van der Waals surface area contributed by atoms with Crippen molar-refractivity contribution in [3.8, 4) is 0 Å². The molecule has 0 saturated heterocycles. The highest BCUT2D eigenvalue weighted by molar-refractivity contribution is 6.04. The van der Waals surface area contributed by atoms with Crippen molar-refractivity contribution in [1.82, 2.24) is 20.1 Å². The van der Waals surface area contributed by atoms with Crippen LogP contribution in [0.25, 0.3) is 10.9 Å². The molecule has 8 N–H and O–H groups in total. The Morgan fingerprint density at radius 1 is 1.44 bits per heavy atom. The highest BCUT2D eigenvalue weighted by Gasteiger charge is 2.23. The fourth-order valence-corrected chi connectivity index (χ4v) is 2.57. The number of rotatable bonds is 3. The van der Waals surface area contributed by atoms with Crippen LogP contribution in [0.2, 0.25) is 0 Å². The molecule has 2 heterocycles. The van der Waals surface area contributed by atoms with Crippen molar-refractivity contribution >= 4 is 34.7 Å². The average Bonchev–Trinajstić information content (AvgIpc) is 3.09. The average molecular weight is 373 g/mol. The first-order valence-corrected chi connectivity index (χ1v) is 7.98. The zero-order chi connectivity index (χ0) is 20.1. The van der Waals surface area contributed by atoms with Gasteiger partial charge in [-0.25, -0.2) is 5.84 Å². The van der Waals surface area contributed by atoms with Crippen LogP contribution in [0.15, 0.2) is 34.6 Å². The fraction of sp³-hybridized carbons (Fsp3) is 0.250. The van der Waals surface area contributed by atoms with Gasteiger partial charge in [0.2, 0.25) is 5.96 Å². The Bertz CT molecular complexity index is 916. The summed E-state index contributed by atoms with van der Waals surface area (Å²) in [5.41, 5.74) is 8.63. The van der Waals surface area contributed by atoms with E-state index in [1.54, 1.807) is 11.9 Å². The third-order valence-corrected chi connectivity index (χ3v) is 4.21. The number of nitrogens with one attached hydrogen (secondary N) is 2. The van der Waals surface area contributed by atoms with E-state index in [4.69, 9.17) is 17.4 Å². The van der Waals surface area contributed by atoms with Crippen molar-refractivity contribution in [2.45, 2.75) is 6.92 Å². The molecule has 11 heteroatoms. The second kappa shape index (κ2) is 8.19. The molecule has 1 aliphatic heterocycles. The Balaban J connectivity index is 0.000000194. The summed E-state index contributed by atoms with van der Waals surface area (Å²) in [5, 5.41) is 15.2. The number of hydrazine groups is 1. The maximum absolute atomic E-state index is 11.0. The van der Waals surface area contributed by atoms with Crippen LogP contribution in [0.5, 0.6) is 0 Å². The molecule has 0 unspecified atom stereocenters. The van der Waals surface area contributed by atoms with Gasteiger partial charge in [-0.2, -0.15) is 5.10 Å². The molecule has 27 heavy (non-hydrogen) atoms. The molecule has 1 aromatic carbocycles. The molecule has 0 spiro atoms. The van der Waals surface area contributed by atoms with Crippen molar-refractivity contribution in [3.05, 3.63) is 35.2 Å². The monoisotopic (exact) mass is 373 g/mol. The molecule has 0 fully saturated rings. The largest absolute Gasteiger partial charge is 0.388 e. The van der Waals surface area contributed by atoms with E-state index >= 15 is 0 Å². The zero-order valence-corrected chi connectivity index (χ0v) is 15.4. The molecule has 0 saturated carbocycles. The molecule has 0 aliphatic carbocycles. The molecule has 1 amide bonds. The lowest BCUT2D eigenvalue weighted by Crippen LogP contribution is -2.51. The van der Waals surface area contributed by atoms with E-state index in [-0.39, 0.29) is 5.69 Å². The number of hydrogen-bond donors (Lipinski definition) is 5. The number of H-pyrrole nitrogens is 1. The number of aromatic nitrogens is 2. The van der Waals surface area contributed by atoms with Crippen molar-refractivity contribution in [3.63, 3.8) is 0 Å². The van der Waals surface area contributed by atoms with Gasteiger partial charge in [0.05, 0.1) is 12.1 Å². The lowest BCUT2D eigenvalue weighted by molar-refractivity contribution is -0.105. The van der Waals surface area contributed by atoms with E-state index in [1.807, 2.05) is 32.2 Å². The summed E-state index contributed by atoms with van der Waals surface area (Å²) in [5.74, 6) is 10.7. The Hall–Kier alpha value is -3.60. The van der Waals surface area contributed by atoms with Crippen molar-refractivity contribution in [2.24, 2.45) is 22.5 Å². The van der Waals surface area contributed by atoms with Crippen LogP contribution in [-0.4, -0.2) is 58.9 Å². The zero-order valence-electron chi connectivity index (χ0n) is 15.4. The lowest BCUT2D eigenvalue weighted by Gasteiger charge is -2.34. The van der Waals surface area contributed by atoms with Crippen LogP contribution in [-0.2, 0) is 4.79 Å². The number of anilines is 1. The molecule has 3 rings (SSSR count). The molecular formula is C16H23N9O2. The normalized spacial score (nSPS) is 15.6. The lowest BCUT2D eigenvalue weighted by atomic mass is 10.2. The molecular weight excluding hydrogens is 350 g/mol. The number of fused-ring (bicyclic) bond motifs is 1. The smallest absolute Gasteiger partial charge is 0.269 e. The standard InChI is InChI=1S/C9H10N4O.C7H13N5O/c1-11-5-2-3-7-6(4-5)8(9(10)14)13-12-7;1-5-6(4-13)3-12(9)7(10-8)11(5)2/h2-4,11H,1H3,(H2,10,14)(H,12,13);4H,3,8-9H2,1-2H3/b;10-7-. The van der Waals surface area contributed by atoms with Crippen molar-refractivity contribution in [1.29, 1.82) is 0 Å². The third-order valence-electron chi connectivity index (χ3n) is 4.21. The van der Waals surface area contributed by atoms with Crippen molar-refractivity contribution < 1.29 is 9.59 Å². The number of amides is 1. The number of carbonyl (C=O) groups excluding carboxylic acids is 2. The summed E-state index contributed by atoms with van der Waals surface area (Å²) in [6.07, 6.45) is 0.791. The highest BCUT2D eigenvalue weighted by Crippen LogP contribution is 2.19. The van der Waals surface area contributed by atoms with E-state index in [0.717, 1.165) is 28.6 Å². The first-order chi connectivity index (χ1) is 12.8. The van der Waals surface area contributed by atoms with Gasteiger partial charge in [0.25, 0.3) is 5.91 Å². The number of hydrazone groups is 1. The van der Waals surface area contributed by atoms with Gasteiger partial charge in [0.1, 0.15) is 6.29 Å². The second-order valence-corrected chi connectivity index (χ2v) is 5.79. The molecule has 1 aromatic heterocycles. The molecule has 0 bridgehead atoms. The topological polar surface area (TPSA) is 172 Å². The Kier molecular flexibility index (Phi) is 5.98. The fourth-order valence-electron chi connectivity index (χ4n) is 2.57. The molecule has 11 nitrogen and oxygen atoms in total. The Morgan fingerprint density at radius 2 is 2.15 bits per heavy atom. The van der Waals surface area contributed by atoms with Gasteiger partial charge in [-0.3, -0.25) is 19.7 Å². The number of aldehydes is 1. The van der Waals surface area contributed by atoms with E-state index in [1.165, 1.54) is 5.01 Å². The third kappa shape index (κ3) is 3.98. The number of benzene rings is 1.